The van der Waals surface area contributed by atoms with Crippen molar-refractivity contribution >= 4 is 6.03 Å². The van der Waals surface area contributed by atoms with Crippen molar-refractivity contribution in [1.82, 2.24) is 9.80 Å². The van der Waals surface area contributed by atoms with Crippen molar-refractivity contribution in [2.75, 3.05) is 20.2 Å². The largest absolute Gasteiger partial charge is 0.381 e. The van der Waals surface area contributed by atoms with E-state index in [0.717, 1.165) is 38.8 Å². The Morgan fingerprint density at radius 3 is 2.16 bits per heavy atom. The van der Waals surface area contributed by atoms with Gasteiger partial charge in [0.05, 0.1) is 6.10 Å². The number of methoxy groups -OCH3 is 1. The Bertz CT molecular complexity index is 593. The fourth-order valence-corrected chi connectivity index (χ4v) is 5.05. The van der Waals surface area contributed by atoms with Crippen LogP contribution in [0.4, 0.5) is 4.79 Å². The van der Waals surface area contributed by atoms with Crippen LogP contribution in [0.25, 0.3) is 0 Å². The van der Waals surface area contributed by atoms with E-state index >= 15 is 0 Å². The third kappa shape index (κ3) is 3.29. The topological polar surface area (TPSA) is 32.8 Å². The van der Waals surface area contributed by atoms with E-state index in [2.05, 4.69) is 41.0 Å². The van der Waals surface area contributed by atoms with Crippen molar-refractivity contribution in [3.63, 3.8) is 0 Å². The summed E-state index contributed by atoms with van der Waals surface area (Å²) in [7, 11) is 1.78. The lowest BCUT2D eigenvalue weighted by molar-refractivity contribution is 0.0377. The van der Waals surface area contributed by atoms with Gasteiger partial charge in [-0.3, -0.25) is 0 Å². The van der Waals surface area contributed by atoms with E-state index in [4.69, 9.17) is 4.74 Å². The highest BCUT2D eigenvalue weighted by atomic mass is 16.5. The number of likely N-dealkylation sites (tertiary alicyclic amines) is 1. The van der Waals surface area contributed by atoms with Gasteiger partial charge in [0.15, 0.2) is 0 Å². The van der Waals surface area contributed by atoms with Gasteiger partial charge in [-0.05, 0) is 56.9 Å². The Morgan fingerprint density at radius 1 is 1.00 bits per heavy atom. The number of amides is 2. The number of carbonyl (C=O) groups excluding carboxylic acids is 1. The number of piperidine rings is 2. The number of hydrogen-bond donors (Lipinski definition) is 0. The standard InChI is InChI=1S/C21H30N2O2/c1-15-3-5-16(6-4-15)17-13-18-7-8-19(14-17)23(18)21(24)22-11-9-20(25-2)10-12-22/h3-6,17-20H,7-14H2,1-2H3/t17?,18-,19+. The fourth-order valence-electron chi connectivity index (χ4n) is 5.05. The Kier molecular flexibility index (Phi) is 4.72. The van der Waals surface area contributed by atoms with Gasteiger partial charge in [0, 0.05) is 32.3 Å². The average molecular weight is 342 g/mol. The molecule has 3 fully saturated rings. The molecule has 0 radical (unpaired) electrons. The number of urea groups is 1. The van der Waals surface area contributed by atoms with Gasteiger partial charge in [0.2, 0.25) is 0 Å². The first-order valence-corrected chi connectivity index (χ1v) is 9.82. The van der Waals surface area contributed by atoms with E-state index < -0.39 is 0 Å². The number of rotatable bonds is 2. The number of ether oxygens (including phenoxy) is 1. The van der Waals surface area contributed by atoms with Crippen molar-refractivity contribution < 1.29 is 9.53 Å². The maximum atomic E-state index is 13.1. The summed E-state index contributed by atoms with van der Waals surface area (Å²) in [5.41, 5.74) is 2.77. The van der Waals surface area contributed by atoms with Crippen molar-refractivity contribution in [3.8, 4) is 0 Å². The molecule has 25 heavy (non-hydrogen) atoms. The second-order valence-electron chi connectivity index (χ2n) is 8.08. The molecule has 3 atom stereocenters. The summed E-state index contributed by atoms with van der Waals surface area (Å²) < 4.78 is 5.44. The van der Waals surface area contributed by atoms with E-state index in [1.165, 1.54) is 24.0 Å². The van der Waals surface area contributed by atoms with E-state index in [1.807, 2.05) is 0 Å². The molecule has 4 heteroatoms. The molecule has 0 aromatic heterocycles. The van der Waals surface area contributed by atoms with Gasteiger partial charge < -0.3 is 14.5 Å². The van der Waals surface area contributed by atoms with Gasteiger partial charge in [-0.25, -0.2) is 4.79 Å². The van der Waals surface area contributed by atoms with Crippen LogP contribution in [0.15, 0.2) is 24.3 Å². The minimum atomic E-state index is 0.282. The second kappa shape index (κ2) is 6.99. The first-order chi connectivity index (χ1) is 12.2. The van der Waals surface area contributed by atoms with Gasteiger partial charge >= 0.3 is 6.03 Å². The zero-order chi connectivity index (χ0) is 17.4. The van der Waals surface area contributed by atoms with Gasteiger partial charge in [0.1, 0.15) is 0 Å². The Morgan fingerprint density at radius 2 is 1.60 bits per heavy atom. The maximum absolute atomic E-state index is 13.1. The number of aryl methyl sites for hydroxylation is 1. The lowest BCUT2D eigenvalue weighted by atomic mass is 9.85. The third-order valence-electron chi connectivity index (χ3n) is 6.55. The lowest BCUT2D eigenvalue weighted by Gasteiger charge is -2.43. The van der Waals surface area contributed by atoms with E-state index in [9.17, 15) is 4.79 Å². The SMILES string of the molecule is COC1CCN(C(=O)N2[C@@H]3CC[C@H]2CC(c2ccc(C)cc2)C3)CC1. The van der Waals surface area contributed by atoms with Crippen LogP contribution < -0.4 is 0 Å². The Labute approximate surface area is 151 Å². The van der Waals surface area contributed by atoms with Crippen LogP contribution >= 0.6 is 0 Å². The Balaban J connectivity index is 1.42. The smallest absolute Gasteiger partial charge is 0.320 e. The molecule has 1 aromatic rings. The molecule has 4 nitrogen and oxygen atoms in total. The molecule has 3 aliphatic heterocycles. The van der Waals surface area contributed by atoms with Crippen LogP contribution in [-0.4, -0.2) is 54.2 Å². The Hall–Kier alpha value is -1.55. The molecule has 4 rings (SSSR count). The number of fused-ring (bicyclic) bond motifs is 2. The van der Waals surface area contributed by atoms with Crippen LogP contribution in [0.2, 0.25) is 0 Å². The summed E-state index contributed by atoms with van der Waals surface area (Å²) in [6.07, 6.45) is 6.86. The monoisotopic (exact) mass is 342 g/mol. The molecule has 1 unspecified atom stereocenters. The predicted molar refractivity (Wildman–Crippen MR) is 98.8 cm³/mol. The van der Waals surface area contributed by atoms with Crippen molar-refractivity contribution in [2.24, 2.45) is 0 Å². The quantitative estimate of drug-likeness (QED) is 0.815. The summed E-state index contributed by atoms with van der Waals surface area (Å²) in [5, 5.41) is 0. The molecular weight excluding hydrogens is 312 g/mol. The number of carbonyl (C=O) groups is 1. The summed E-state index contributed by atoms with van der Waals surface area (Å²) >= 11 is 0. The molecule has 0 saturated carbocycles. The number of hydrogen-bond acceptors (Lipinski definition) is 2. The molecule has 0 N–H and O–H groups in total. The van der Waals surface area contributed by atoms with E-state index in [-0.39, 0.29) is 6.03 Å². The zero-order valence-electron chi connectivity index (χ0n) is 15.5. The molecule has 3 saturated heterocycles. The zero-order valence-corrected chi connectivity index (χ0v) is 15.5. The minimum Gasteiger partial charge on any atom is -0.381 e. The van der Waals surface area contributed by atoms with Crippen molar-refractivity contribution in [3.05, 3.63) is 35.4 Å². The third-order valence-corrected chi connectivity index (χ3v) is 6.55. The summed E-state index contributed by atoms with van der Waals surface area (Å²) in [5.74, 6) is 0.612. The lowest BCUT2D eigenvalue weighted by Crippen LogP contribution is -2.54. The molecule has 3 aliphatic rings. The first-order valence-electron chi connectivity index (χ1n) is 9.82. The van der Waals surface area contributed by atoms with Crippen molar-refractivity contribution in [1.29, 1.82) is 0 Å². The molecular formula is C21H30N2O2. The van der Waals surface area contributed by atoms with Crippen LogP contribution in [0.3, 0.4) is 0 Å². The summed E-state index contributed by atoms with van der Waals surface area (Å²) in [6.45, 7) is 3.82. The van der Waals surface area contributed by atoms with Crippen LogP contribution in [-0.2, 0) is 4.74 Å². The molecule has 0 aliphatic carbocycles. The van der Waals surface area contributed by atoms with Gasteiger partial charge in [-0.2, -0.15) is 0 Å². The molecule has 0 spiro atoms. The van der Waals surface area contributed by atoms with Crippen molar-refractivity contribution in [2.45, 2.75) is 69.6 Å². The number of benzene rings is 1. The minimum absolute atomic E-state index is 0.282. The van der Waals surface area contributed by atoms with Crippen LogP contribution in [0, 0.1) is 6.92 Å². The highest BCUT2D eigenvalue weighted by Crippen LogP contribution is 2.43. The van der Waals surface area contributed by atoms with Crippen LogP contribution in [0.5, 0.6) is 0 Å². The van der Waals surface area contributed by atoms with Crippen LogP contribution in [0.1, 0.15) is 55.6 Å². The predicted octanol–water partition coefficient (Wildman–Crippen LogP) is 3.94. The summed E-state index contributed by atoms with van der Waals surface area (Å²) in [6, 6.07) is 10.1. The molecule has 2 bridgehead atoms. The molecule has 2 amide bonds. The average Bonchev–Trinajstić information content (AvgIpc) is 2.91. The summed E-state index contributed by atoms with van der Waals surface area (Å²) in [4.78, 5) is 17.4. The second-order valence-corrected chi connectivity index (χ2v) is 8.08. The van der Waals surface area contributed by atoms with E-state index in [1.54, 1.807) is 7.11 Å². The van der Waals surface area contributed by atoms with E-state index in [0.29, 0.717) is 24.1 Å². The highest BCUT2D eigenvalue weighted by Gasteiger charge is 2.45. The van der Waals surface area contributed by atoms with Gasteiger partial charge in [0.25, 0.3) is 0 Å². The normalized spacial score (nSPS) is 29.9. The van der Waals surface area contributed by atoms with Gasteiger partial charge in [-0.1, -0.05) is 29.8 Å². The number of nitrogens with zero attached hydrogens (tertiary/aromatic N) is 2. The molecule has 3 heterocycles. The van der Waals surface area contributed by atoms with Gasteiger partial charge in [-0.15, -0.1) is 0 Å². The maximum Gasteiger partial charge on any atom is 0.320 e. The molecule has 1 aromatic carbocycles. The fraction of sp³-hybridized carbons (Fsp3) is 0.667. The molecule has 136 valence electrons. The highest BCUT2D eigenvalue weighted by molar-refractivity contribution is 5.76. The first kappa shape index (κ1) is 16.9.